The summed E-state index contributed by atoms with van der Waals surface area (Å²) in [6, 6.07) is 14.2. The zero-order valence-corrected chi connectivity index (χ0v) is 15.7. The van der Waals surface area contributed by atoms with Crippen LogP contribution in [-0.4, -0.2) is 19.5 Å². The molecule has 4 aromatic rings. The van der Waals surface area contributed by atoms with Gasteiger partial charge in [0.15, 0.2) is 5.82 Å². The molecule has 0 aliphatic rings. The molecule has 4 rings (SSSR count). The molecule has 132 valence electrons. The topological polar surface area (TPSA) is 43.6 Å². The molecule has 1 aromatic carbocycles. The van der Waals surface area contributed by atoms with Gasteiger partial charge in [-0.3, -0.25) is 4.98 Å². The summed E-state index contributed by atoms with van der Waals surface area (Å²) in [5, 5.41) is 0.968. The molecule has 26 heavy (non-hydrogen) atoms. The molecule has 0 bridgehead atoms. The van der Waals surface area contributed by atoms with Crippen molar-refractivity contribution in [2.24, 2.45) is 0 Å². The second kappa shape index (κ2) is 7.79. The molecule has 3 heterocycles. The minimum atomic E-state index is 0.912. The highest BCUT2D eigenvalue weighted by Crippen LogP contribution is 2.31. The van der Waals surface area contributed by atoms with E-state index in [1.165, 1.54) is 24.0 Å². The lowest BCUT2D eigenvalue weighted by Gasteiger charge is -2.06. The van der Waals surface area contributed by atoms with Crippen LogP contribution in [0.2, 0.25) is 0 Å². The summed E-state index contributed by atoms with van der Waals surface area (Å²) in [5.74, 6) is 0.927. The van der Waals surface area contributed by atoms with Gasteiger partial charge in [0.1, 0.15) is 16.4 Å². The molecule has 3 aromatic heterocycles. The number of fused-ring (bicyclic) bond motifs is 1. The second-order valence-corrected chi connectivity index (χ2v) is 7.44. The summed E-state index contributed by atoms with van der Waals surface area (Å²) in [4.78, 5) is 14.2. The summed E-state index contributed by atoms with van der Waals surface area (Å²) >= 11 is 1.69. The smallest absolute Gasteiger partial charge is 0.159 e. The van der Waals surface area contributed by atoms with E-state index < -0.39 is 0 Å². The third kappa shape index (κ3) is 3.53. The van der Waals surface area contributed by atoms with Crippen LogP contribution in [0.3, 0.4) is 0 Å². The summed E-state index contributed by atoms with van der Waals surface area (Å²) in [7, 11) is 0. The van der Waals surface area contributed by atoms with Gasteiger partial charge in [0.05, 0.1) is 10.2 Å². The first-order chi connectivity index (χ1) is 12.8. The summed E-state index contributed by atoms with van der Waals surface area (Å²) in [5.41, 5.74) is 2.88. The Balaban J connectivity index is 1.70. The van der Waals surface area contributed by atoms with Gasteiger partial charge in [-0.05, 0) is 30.7 Å². The van der Waals surface area contributed by atoms with Gasteiger partial charge in [-0.1, -0.05) is 44.4 Å². The van der Waals surface area contributed by atoms with Crippen molar-refractivity contribution in [2.45, 2.75) is 39.2 Å². The molecule has 0 aliphatic carbocycles. The Morgan fingerprint density at radius 1 is 0.923 bits per heavy atom. The Hall–Kier alpha value is -2.53. The SMILES string of the molecule is CCCCCCn1cc(-c2nc3ccccc3s2)nc1-c1ccccn1. The highest BCUT2D eigenvalue weighted by molar-refractivity contribution is 7.21. The molecule has 0 fully saturated rings. The number of aromatic nitrogens is 4. The number of nitrogens with zero attached hydrogens (tertiary/aromatic N) is 4. The number of benzene rings is 1. The second-order valence-electron chi connectivity index (χ2n) is 6.41. The Kier molecular flexibility index (Phi) is 5.07. The van der Waals surface area contributed by atoms with Gasteiger partial charge in [-0.25, -0.2) is 9.97 Å². The number of hydrogen-bond acceptors (Lipinski definition) is 4. The standard InChI is InChI=1S/C21H22N4S/c1-2-3-4-9-14-25-15-18(23-20(25)17-11-7-8-13-22-17)21-24-16-10-5-6-12-19(16)26-21/h5-8,10-13,15H,2-4,9,14H2,1H3. The van der Waals surface area contributed by atoms with Crippen molar-refractivity contribution in [3.63, 3.8) is 0 Å². The number of rotatable bonds is 7. The molecule has 0 amide bonds. The molecule has 0 spiro atoms. The molecule has 0 radical (unpaired) electrons. The number of aryl methyl sites for hydroxylation is 1. The van der Waals surface area contributed by atoms with Crippen molar-refractivity contribution in [3.8, 4) is 22.2 Å². The van der Waals surface area contributed by atoms with Crippen LogP contribution in [0.25, 0.3) is 32.4 Å². The van der Waals surface area contributed by atoms with Crippen molar-refractivity contribution >= 4 is 21.6 Å². The molecule has 5 heteroatoms. The van der Waals surface area contributed by atoms with Gasteiger partial charge >= 0.3 is 0 Å². The molecule has 0 unspecified atom stereocenters. The van der Waals surface area contributed by atoms with Gasteiger partial charge in [0.2, 0.25) is 0 Å². The zero-order chi connectivity index (χ0) is 17.8. The van der Waals surface area contributed by atoms with Gasteiger partial charge in [0.25, 0.3) is 0 Å². The van der Waals surface area contributed by atoms with Gasteiger partial charge in [-0.2, -0.15) is 0 Å². The molecular weight excluding hydrogens is 340 g/mol. The highest BCUT2D eigenvalue weighted by Gasteiger charge is 2.15. The largest absolute Gasteiger partial charge is 0.329 e. The first kappa shape index (κ1) is 16.9. The third-order valence-electron chi connectivity index (χ3n) is 4.44. The minimum absolute atomic E-state index is 0.912. The quantitative estimate of drug-likeness (QED) is 0.390. The van der Waals surface area contributed by atoms with Gasteiger partial charge < -0.3 is 4.57 Å². The van der Waals surface area contributed by atoms with E-state index in [0.29, 0.717) is 0 Å². The Morgan fingerprint density at radius 2 is 1.81 bits per heavy atom. The van der Waals surface area contributed by atoms with E-state index in [9.17, 15) is 0 Å². The lowest BCUT2D eigenvalue weighted by molar-refractivity contribution is 0.585. The lowest BCUT2D eigenvalue weighted by Crippen LogP contribution is -2.00. The number of thiazole rings is 1. The van der Waals surface area contributed by atoms with Gasteiger partial charge in [-0.15, -0.1) is 11.3 Å². The van der Waals surface area contributed by atoms with Crippen molar-refractivity contribution in [3.05, 3.63) is 54.9 Å². The normalized spacial score (nSPS) is 11.3. The summed E-state index contributed by atoms with van der Waals surface area (Å²) in [6.07, 6.45) is 8.87. The highest BCUT2D eigenvalue weighted by atomic mass is 32.1. The van der Waals surface area contributed by atoms with Crippen molar-refractivity contribution in [2.75, 3.05) is 0 Å². The van der Waals surface area contributed by atoms with Crippen LogP contribution >= 0.6 is 11.3 Å². The minimum Gasteiger partial charge on any atom is -0.329 e. The molecule has 0 aliphatic heterocycles. The third-order valence-corrected chi connectivity index (χ3v) is 5.50. The van der Waals surface area contributed by atoms with E-state index in [-0.39, 0.29) is 0 Å². The Morgan fingerprint density at radius 3 is 2.62 bits per heavy atom. The van der Waals surface area contributed by atoms with Crippen LogP contribution in [0.15, 0.2) is 54.9 Å². The Bertz CT molecular complexity index is 955. The van der Waals surface area contributed by atoms with Crippen molar-refractivity contribution in [1.82, 2.24) is 19.5 Å². The van der Waals surface area contributed by atoms with Crippen LogP contribution in [0, 0.1) is 0 Å². The van der Waals surface area contributed by atoms with Gasteiger partial charge in [0, 0.05) is 18.9 Å². The van der Waals surface area contributed by atoms with E-state index >= 15 is 0 Å². The first-order valence-electron chi connectivity index (χ1n) is 9.19. The average molecular weight is 363 g/mol. The van der Waals surface area contributed by atoms with E-state index in [1.807, 2.05) is 30.5 Å². The van der Waals surface area contributed by atoms with Crippen LogP contribution in [0.4, 0.5) is 0 Å². The summed E-state index contributed by atoms with van der Waals surface area (Å²) < 4.78 is 3.43. The number of para-hydroxylation sites is 1. The molecule has 0 saturated carbocycles. The molecule has 0 saturated heterocycles. The molecular formula is C21H22N4S. The van der Waals surface area contributed by atoms with E-state index in [2.05, 4.69) is 40.9 Å². The van der Waals surface area contributed by atoms with Crippen molar-refractivity contribution in [1.29, 1.82) is 0 Å². The van der Waals surface area contributed by atoms with E-state index in [4.69, 9.17) is 9.97 Å². The maximum absolute atomic E-state index is 4.89. The average Bonchev–Trinajstić information content (AvgIpc) is 3.30. The fourth-order valence-corrected chi connectivity index (χ4v) is 4.00. The Labute approximate surface area is 157 Å². The maximum atomic E-state index is 4.89. The van der Waals surface area contributed by atoms with Crippen LogP contribution < -0.4 is 0 Å². The molecule has 0 atom stereocenters. The zero-order valence-electron chi connectivity index (χ0n) is 14.9. The lowest BCUT2D eigenvalue weighted by atomic mass is 10.2. The number of hydrogen-bond donors (Lipinski definition) is 0. The van der Waals surface area contributed by atoms with Crippen LogP contribution in [0.1, 0.15) is 32.6 Å². The predicted octanol–water partition coefficient (Wildman–Crippen LogP) is 5.80. The summed E-state index contributed by atoms with van der Waals surface area (Å²) in [6.45, 7) is 3.20. The maximum Gasteiger partial charge on any atom is 0.159 e. The fraction of sp³-hybridized carbons (Fsp3) is 0.286. The fourth-order valence-electron chi connectivity index (χ4n) is 3.08. The number of unbranched alkanes of at least 4 members (excludes halogenated alkanes) is 3. The van der Waals surface area contributed by atoms with E-state index in [1.54, 1.807) is 11.3 Å². The van der Waals surface area contributed by atoms with Crippen LogP contribution in [0.5, 0.6) is 0 Å². The molecule has 0 N–H and O–H groups in total. The monoisotopic (exact) mass is 362 g/mol. The molecule has 4 nitrogen and oxygen atoms in total. The number of imidazole rings is 1. The first-order valence-corrected chi connectivity index (χ1v) is 10.0. The van der Waals surface area contributed by atoms with Crippen LogP contribution in [-0.2, 0) is 6.54 Å². The van der Waals surface area contributed by atoms with E-state index in [0.717, 1.165) is 40.7 Å². The van der Waals surface area contributed by atoms with Crippen molar-refractivity contribution < 1.29 is 0 Å². The predicted molar refractivity (Wildman–Crippen MR) is 108 cm³/mol. The number of pyridine rings is 1.